The number of sulfonamides is 1. The molecule has 1 unspecified atom stereocenters. The van der Waals surface area contributed by atoms with Gasteiger partial charge in [0.15, 0.2) is 12.4 Å². The van der Waals surface area contributed by atoms with E-state index in [4.69, 9.17) is 16.3 Å². The van der Waals surface area contributed by atoms with Gasteiger partial charge in [0.05, 0.1) is 12.6 Å². The molecule has 4 aromatic rings. The van der Waals surface area contributed by atoms with Crippen molar-refractivity contribution in [2.75, 3.05) is 39.3 Å². The summed E-state index contributed by atoms with van der Waals surface area (Å²) in [4.78, 5) is 40.2. The molecule has 2 amide bonds. The van der Waals surface area contributed by atoms with E-state index in [1.54, 1.807) is 30.3 Å². The predicted molar refractivity (Wildman–Crippen MR) is 146 cm³/mol. The third-order valence-corrected chi connectivity index (χ3v) is 9.16. The van der Waals surface area contributed by atoms with Crippen LogP contribution in [-0.4, -0.2) is 94.8 Å². The molecule has 6 rings (SSSR count). The number of amides is 2. The average molecular weight is 598 g/mol. The van der Waals surface area contributed by atoms with Crippen LogP contribution < -0.4 is 4.73 Å². The number of fused-ring (bicyclic) bond motifs is 1. The SMILES string of the molecule is O=C1OCCN1CC1CN(S(=O)(=O)c2cc3cc(Cl)ccc3[nH]2)CCN1C(=O)c1ncc(-c2cc[n+]([O-])cc2)cn1. The minimum Gasteiger partial charge on any atom is -0.619 e. The fraction of sp³-hybridized carbons (Fsp3) is 0.269. The number of ether oxygens (including phenoxy) is 1. The fourth-order valence-electron chi connectivity index (χ4n) is 4.99. The Kier molecular flexibility index (Phi) is 6.97. The molecule has 212 valence electrons. The molecule has 0 saturated carbocycles. The van der Waals surface area contributed by atoms with E-state index < -0.39 is 28.1 Å². The number of H-pyrrole nitrogens is 1. The summed E-state index contributed by atoms with van der Waals surface area (Å²) in [5.74, 6) is -0.557. The van der Waals surface area contributed by atoms with Crippen molar-refractivity contribution in [1.29, 1.82) is 0 Å². The Morgan fingerprint density at radius 3 is 2.56 bits per heavy atom. The van der Waals surface area contributed by atoms with Gasteiger partial charge >= 0.3 is 6.09 Å². The highest BCUT2D eigenvalue weighted by molar-refractivity contribution is 7.89. The number of hydrogen-bond acceptors (Lipinski definition) is 8. The molecule has 1 atom stereocenters. The lowest BCUT2D eigenvalue weighted by Gasteiger charge is -2.41. The number of hydrogen-bond donors (Lipinski definition) is 1. The first-order valence-corrected chi connectivity index (χ1v) is 14.5. The number of nitrogens with one attached hydrogen (secondary N) is 1. The standard InChI is InChI=1S/C26H24ClN7O6S/c27-20-1-2-22-18(11-20)12-23(30-22)41(38,39)33-7-8-34(21(16-33)15-31-9-10-40-26(31)36)25(35)24-28-13-19(14-29-24)17-3-5-32(37)6-4-17/h1-6,11-14,21,30H,7-10,15-16H2. The molecule has 2 saturated heterocycles. The number of cyclic esters (lactones) is 1. The van der Waals surface area contributed by atoms with Crippen molar-refractivity contribution in [3.05, 3.63) is 77.2 Å². The van der Waals surface area contributed by atoms with Gasteiger partial charge in [0.2, 0.25) is 5.82 Å². The second-order valence-corrected chi connectivity index (χ2v) is 12.0. The average Bonchev–Trinajstić information content (AvgIpc) is 3.59. The number of pyridine rings is 1. The lowest BCUT2D eigenvalue weighted by Crippen LogP contribution is -2.60. The fourth-order valence-corrected chi connectivity index (χ4v) is 6.65. The van der Waals surface area contributed by atoms with Crippen LogP contribution in [-0.2, 0) is 14.8 Å². The van der Waals surface area contributed by atoms with Gasteiger partial charge in [0.1, 0.15) is 11.6 Å². The zero-order valence-electron chi connectivity index (χ0n) is 21.5. The minimum atomic E-state index is -3.96. The van der Waals surface area contributed by atoms with Gasteiger partial charge in [0, 0.05) is 72.2 Å². The van der Waals surface area contributed by atoms with Crippen LogP contribution in [0.4, 0.5) is 4.79 Å². The number of benzene rings is 1. The Bertz CT molecular complexity index is 1730. The van der Waals surface area contributed by atoms with E-state index in [2.05, 4.69) is 15.0 Å². The Labute approximate surface area is 239 Å². The van der Waals surface area contributed by atoms with E-state index in [1.165, 1.54) is 45.0 Å². The van der Waals surface area contributed by atoms with Crippen LogP contribution in [0.3, 0.4) is 0 Å². The van der Waals surface area contributed by atoms with Crippen molar-refractivity contribution >= 4 is 44.5 Å². The van der Waals surface area contributed by atoms with Crippen LogP contribution in [0.15, 0.2) is 66.2 Å². The maximum absolute atomic E-state index is 13.6. The number of halogens is 1. The largest absolute Gasteiger partial charge is 0.619 e. The van der Waals surface area contributed by atoms with Crippen molar-refractivity contribution in [3.8, 4) is 11.1 Å². The molecule has 41 heavy (non-hydrogen) atoms. The van der Waals surface area contributed by atoms with Crippen LogP contribution in [0.25, 0.3) is 22.0 Å². The monoisotopic (exact) mass is 597 g/mol. The summed E-state index contributed by atoms with van der Waals surface area (Å²) < 4.78 is 34.3. The van der Waals surface area contributed by atoms with E-state index in [-0.39, 0.29) is 43.6 Å². The van der Waals surface area contributed by atoms with E-state index in [0.29, 0.717) is 38.3 Å². The number of aromatic nitrogens is 4. The lowest BCUT2D eigenvalue weighted by atomic mass is 10.1. The van der Waals surface area contributed by atoms with Gasteiger partial charge in [-0.25, -0.2) is 23.2 Å². The number of piperazine rings is 1. The van der Waals surface area contributed by atoms with Gasteiger partial charge in [-0.3, -0.25) is 4.79 Å². The van der Waals surface area contributed by atoms with Gasteiger partial charge in [-0.2, -0.15) is 9.04 Å². The highest BCUT2D eigenvalue weighted by atomic mass is 35.5. The van der Waals surface area contributed by atoms with Crippen LogP contribution in [0.1, 0.15) is 10.6 Å². The molecule has 15 heteroatoms. The van der Waals surface area contributed by atoms with Gasteiger partial charge < -0.3 is 24.7 Å². The molecule has 0 aliphatic carbocycles. The molecule has 2 fully saturated rings. The number of rotatable bonds is 6. The van der Waals surface area contributed by atoms with Crippen molar-refractivity contribution in [2.45, 2.75) is 11.1 Å². The normalized spacial score (nSPS) is 18.2. The molecule has 0 radical (unpaired) electrons. The Balaban J connectivity index is 1.25. The van der Waals surface area contributed by atoms with Crippen molar-refractivity contribution < 1.29 is 27.5 Å². The molecule has 13 nitrogen and oxygen atoms in total. The van der Waals surface area contributed by atoms with E-state index in [0.717, 1.165) is 0 Å². The second-order valence-electron chi connectivity index (χ2n) is 9.68. The zero-order valence-corrected chi connectivity index (χ0v) is 23.1. The number of aromatic amines is 1. The quantitative estimate of drug-likeness (QED) is 0.261. The summed E-state index contributed by atoms with van der Waals surface area (Å²) in [6.45, 7) is 0.670. The van der Waals surface area contributed by atoms with E-state index in [9.17, 15) is 23.2 Å². The van der Waals surface area contributed by atoms with Crippen LogP contribution in [0, 0.1) is 5.21 Å². The maximum Gasteiger partial charge on any atom is 0.410 e. The van der Waals surface area contributed by atoms with Crippen molar-refractivity contribution in [2.24, 2.45) is 0 Å². The topological polar surface area (TPSA) is 156 Å². The number of carbonyl (C=O) groups is 2. The zero-order chi connectivity index (χ0) is 28.7. The van der Waals surface area contributed by atoms with Gasteiger partial charge in [-0.05, 0) is 29.8 Å². The Morgan fingerprint density at radius 2 is 1.85 bits per heavy atom. The number of carbonyl (C=O) groups excluding carboxylic acids is 2. The highest BCUT2D eigenvalue weighted by Crippen LogP contribution is 2.27. The first-order valence-electron chi connectivity index (χ1n) is 12.7. The third kappa shape index (κ3) is 5.28. The molecule has 0 bridgehead atoms. The molecular formula is C26H24ClN7O6S. The summed E-state index contributed by atoms with van der Waals surface area (Å²) in [5.41, 5.74) is 1.95. The van der Waals surface area contributed by atoms with Crippen LogP contribution in [0.2, 0.25) is 5.02 Å². The predicted octanol–water partition coefficient (Wildman–Crippen LogP) is 1.88. The van der Waals surface area contributed by atoms with Crippen LogP contribution in [0.5, 0.6) is 0 Å². The van der Waals surface area contributed by atoms with Crippen molar-refractivity contribution in [1.82, 2.24) is 29.1 Å². The summed E-state index contributed by atoms with van der Waals surface area (Å²) in [6, 6.07) is 9.12. The Hall–Kier alpha value is -4.27. The smallest absolute Gasteiger partial charge is 0.410 e. The van der Waals surface area contributed by atoms with Gasteiger partial charge in [0.25, 0.3) is 15.9 Å². The molecule has 2 aliphatic rings. The molecule has 1 aromatic carbocycles. The van der Waals surface area contributed by atoms with Crippen LogP contribution >= 0.6 is 11.6 Å². The maximum atomic E-state index is 13.6. The molecular weight excluding hydrogens is 574 g/mol. The number of nitrogens with zero attached hydrogens (tertiary/aromatic N) is 6. The molecule has 3 aromatic heterocycles. The molecule has 5 heterocycles. The van der Waals surface area contributed by atoms with Gasteiger partial charge in [-0.15, -0.1) is 0 Å². The minimum absolute atomic E-state index is 0.0104. The summed E-state index contributed by atoms with van der Waals surface area (Å²) in [5, 5.41) is 12.5. The summed E-state index contributed by atoms with van der Waals surface area (Å²) in [7, 11) is -3.96. The molecule has 1 N–H and O–H groups in total. The van der Waals surface area contributed by atoms with E-state index >= 15 is 0 Å². The molecule has 2 aliphatic heterocycles. The van der Waals surface area contributed by atoms with E-state index in [1.807, 2.05) is 0 Å². The Morgan fingerprint density at radius 1 is 1.10 bits per heavy atom. The van der Waals surface area contributed by atoms with Gasteiger partial charge in [-0.1, -0.05) is 11.6 Å². The summed E-state index contributed by atoms with van der Waals surface area (Å²) >= 11 is 6.07. The van der Waals surface area contributed by atoms with Crippen molar-refractivity contribution in [3.63, 3.8) is 0 Å². The highest BCUT2D eigenvalue weighted by Gasteiger charge is 2.40. The first-order chi connectivity index (χ1) is 19.7. The first kappa shape index (κ1) is 26.9. The summed E-state index contributed by atoms with van der Waals surface area (Å²) in [6.07, 6.45) is 5.15. The second kappa shape index (κ2) is 10.6. The lowest BCUT2D eigenvalue weighted by molar-refractivity contribution is -0.605. The molecule has 0 spiro atoms. The third-order valence-electron chi connectivity index (χ3n) is 7.14.